The van der Waals surface area contributed by atoms with Crippen LogP contribution in [-0.2, 0) is 9.63 Å². The average molecular weight is 308 g/mol. The minimum absolute atomic E-state index is 0.0987. The zero-order chi connectivity index (χ0) is 15.9. The summed E-state index contributed by atoms with van der Waals surface area (Å²) in [6.07, 6.45) is 1.24. The highest BCUT2D eigenvalue weighted by atomic mass is 19.2. The van der Waals surface area contributed by atoms with Gasteiger partial charge in [0.05, 0.1) is 6.21 Å². The Balaban J connectivity index is 1.81. The summed E-state index contributed by atoms with van der Waals surface area (Å²) in [5, 5.41) is 5.82. The summed E-state index contributed by atoms with van der Waals surface area (Å²) in [4.78, 5) is 16.2. The van der Waals surface area contributed by atoms with E-state index in [9.17, 15) is 18.0 Å². The molecule has 1 N–H and O–H groups in total. The number of benzene rings is 2. The minimum Gasteiger partial charge on any atom is -0.386 e. The molecule has 2 aromatic rings. The van der Waals surface area contributed by atoms with Gasteiger partial charge in [0.15, 0.2) is 18.2 Å². The Morgan fingerprint density at radius 1 is 1.14 bits per heavy atom. The maximum absolute atomic E-state index is 12.9. The number of oxime groups is 1. The van der Waals surface area contributed by atoms with Crippen LogP contribution >= 0.6 is 0 Å². The van der Waals surface area contributed by atoms with Crippen molar-refractivity contribution in [2.45, 2.75) is 0 Å². The Bertz CT molecular complexity index is 705. The van der Waals surface area contributed by atoms with Crippen molar-refractivity contribution < 1.29 is 22.8 Å². The van der Waals surface area contributed by atoms with Crippen molar-refractivity contribution in [2.24, 2.45) is 5.16 Å². The number of hydrogen-bond donors (Lipinski definition) is 1. The van der Waals surface area contributed by atoms with Crippen molar-refractivity contribution in [3.05, 3.63) is 65.5 Å². The lowest BCUT2D eigenvalue weighted by Gasteiger charge is -2.04. The largest absolute Gasteiger partial charge is 0.386 e. The van der Waals surface area contributed by atoms with E-state index in [1.165, 1.54) is 30.5 Å². The molecular formula is C15H11F3N2O2. The Kier molecular flexibility index (Phi) is 5.13. The van der Waals surface area contributed by atoms with Gasteiger partial charge in [0.25, 0.3) is 5.91 Å². The molecule has 0 saturated heterocycles. The van der Waals surface area contributed by atoms with Crippen LogP contribution in [0.3, 0.4) is 0 Å². The number of nitrogens with zero attached hydrogens (tertiary/aromatic N) is 1. The fourth-order valence-electron chi connectivity index (χ4n) is 1.55. The van der Waals surface area contributed by atoms with Crippen molar-refractivity contribution in [1.82, 2.24) is 0 Å². The van der Waals surface area contributed by atoms with E-state index >= 15 is 0 Å². The van der Waals surface area contributed by atoms with Gasteiger partial charge < -0.3 is 10.2 Å². The van der Waals surface area contributed by atoms with E-state index in [4.69, 9.17) is 4.84 Å². The molecule has 2 aromatic carbocycles. The molecule has 4 nitrogen and oxygen atoms in total. The molecule has 114 valence electrons. The molecule has 7 heteroatoms. The standard InChI is InChI=1S/C15H11F3N2O2/c16-11-3-1-2-10(6-11)8-19-22-9-15(21)20-12-4-5-13(17)14(18)7-12/h1-8H,9H2,(H,20,21)/b19-8-. The molecule has 0 unspecified atom stereocenters. The molecule has 0 aliphatic carbocycles. The molecule has 0 bridgehead atoms. The summed E-state index contributed by atoms with van der Waals surface area (Å²) in [6, 6.07) is 8.61. The van der Waals surface area contributed by atoms with Crippen LogP contribution in [-0.4, -0.2) is 18.7 Å². The van der Waals surface area contributed by atoms with Gasteiger partial charge in [-0.05, 0) is 29.8 Å². The Morgan fingerprint density at radius 3 is 2.68 bits per heavy atom. The highest BCUT2D eigenvalue weighted by molar-refractivity contribution is 5.91. The molecule has 22 heavy (non-hydrogen) atoms. The summed E-state index contributed by atoms with van der Waals surface area (Å²) in [6.45, 7) is -0.426. The molecule has 1 amide bonds. The first kappa shape index (κ1) is 15.6. The second kappa shape index (κ2) is 7.26. The van der Waals surface area contributed by atoms with E-state index < -0.39 is 30.0 Å². The molecule has 0 heterocycles. The van der Waals surface area contributed by atoms with Gasteiger partial charge in [-0.3, -0.25) is 4.79 Å². The van der Waals surface area contributed by atoms with Gasteiger partial charge in [-0.15, -0.1) is 0 Å². The highest BCUT2D eigenvalue weighted by Gasteiger charge is 2.06. The van der Waals surface area contributed by atoms with Gasteiger partial charge in [0.1, 0.15) is 5.82 Å². The lowest BCUT2D eigenvalue weighted by atomic mass is 10.2. The van der Waals surface area contributed by atoms with Crippen molar-refractivity contribution in [3.63, 3.8) is 0 Å². The zero-order valence-corrected chi connectivity index (χ0v) is 11.2. The summed E-state index contributed by atoms with van der Waals surface area (Å²) in [5.41, 5.74) is 0.572. The van der Waals surface area contributed by atoms with Crippen LogP contribution in [0.2, 0.25) is 0 Å². The van der Waals surface area contributed by atoms with Gasteiger partial charge in [0, 0.05) is 11.8 Å². The number of amides is 1. The second-order valence-corrected chi connectivity index (χ2v) is 4.24. The van der Waals surface area contributed by atoms with Gasteiger partial charge in [0.2, 0.25) is 0 Å². The summed E-state index contributed by atoms with van der Waals surface area (Å²) in [7, 11) is 0. The normalized spacial score (nSPS) is 10.7. The van der Waals surface area contributed by atoms with E-state index in [2.05, 4.69) is 10.5 Å². The third-order valence-corrected chi connectivity index (χ3v) is 2.52. The smallest absolute Gasteiger partial charge is 0.265 e. The molecule has 0 atom stereocenters. The molecule has 0 spiro atoms. The van der Waals surface area contributed by atoms with E-state index in [1.807, 2.05) is 0 Å². The number of halogens is 3. The van der Waals surface area contributed by atoms with Crippen LogP contribution in [0.4, 0.5) is 18.9 Å². The summed E-state index contributed by atoms with van der Waals surface area (Å²) >= 11 is 0. The van der Waals surface area contributed by atoms with Crippen molar-refractivity contribution >= 4 is 17.8 Å². The maximum atomic E-state index is 12.9. The molecule has 0 radical (unpaired) electrons. The highest BCUT2D eigenvalue weighted by Crippen LogP contribution is 2.12. The molecule has 0 aliphatic heterocycles. The van der Waals surface area contributed by atoms with E-state index in [0.29, 0.717) is 5.56 Å². The number of carbonyl (C=O) groups excluding carboxylic acids is 1. The number of nitrogens with one attached hydrogen (secondary N) is 1. The van der Waals surface area contributed by atoms with Crippen LogP contribution in [0.15, 0.2) is 47.6 Å². The van der Waals surface area contributed by atoms with E-state index in [-0.39, 0.29) is 5.69 Å². The van der Waals surface area contributed by atoms with Gasteiger partial charge in [-0.2, -0.15) is 0 Å². The first-order chi connectivity index (χ1) is 10.5. The second-order valence-electron chi connectivity index (χ2n) is 4.24. The Morgan fingerprint density at radius 2 is 1.95 bits per heavy atom. The lowest BCUT2D eigenvalue weighted by Crippen LogP contribution is -2.17. The average Bonchev–Trinajstić information content (AvgIpc) is 2.48. The lowest BCUT2D eigenvalue weighted by molar-refractivity contribution is -0.120. The topological polar surface area (TPSA) is 50.7 Å². The first-order valence-corrected chi connectivity index (χ1v) is 6.20. The molecular weight excluding hydrogens is 297 g/mol. The monoisotopic (exact) mass is 308 g/mol. The summed E-state index contributed by atoms with van der Waals surface area (Å²) in [5.74, 6) is -3.08. The Hall–Kier alpha value is -2.83. The SMILES string of the molecule is O=C(CO/N=C\c1cccc(F)c1)Nc1ccc(F)c(F)c1. The Labute approximate surface area is 124 Å². The first-order valence-electron chi connectivity index (χ1n) is 6.20. The predicted octanol–water partition coefficient (Wildman–Crippen LogP) is 3.09. The number of carbonyl (C=O) groups is 1. The van der Waals surface area contributed by atoms with Crippen molar-refractivity contribution in [3.8, 4) is 0 Å². The maximum Gasteiger partial charge on any atom is 0.265 e. The molecule has 0 fully saturated rings. The molecule has 0 aliphatic rings. The fourth-order valence-corrected chi connectivity index (χ4v) is 1.55. The van der Waals surface area contributed by atoms with Crippen molar-refractivity contribution in [2.75, 3.05) is 11.9 Å². The molecule has 0 aromatic heterocycles. The predicted molar refractivity (Wildman–Crippen MR) is 74.9 cm³/mol. The quantitative estimate of drug-likeness (QED) is 0.681. The number of rotatable bonds is 5. The number of anilines is 1. The van der Waals surface area contributed by atoms with E-state index in [0.717, 1.165) is 12.1 Å². The van der Waals surface area contributed by atoms with E-state index in [1.54, 1.807) is 6.07 Å². The third-order valence-electron chi connectivity index (χ3n) is 2.52. The van der Waals surface area contributed by atoms with Crippen LogP contribution in [0, 0.1) is 17.5 Å². The summed E-state index contributed by atoms with van der Waals surface area (Å²) < 4.78 is 38.5. The number of hydrogen-bond acceptors (Lipinski definition) is 3. The van der Waals surface area contributed by atoms with Crippen LogP contribution < -0.4 is 5.32 Å². The van der Waals surface area contributed by atoms with Gasteiger partial charge in [-0.1, -0.05) is 17.3 Å². The zero-order valence-electron chi connectivity index (χ0n) is 11.2. The van der Waals surface area contributed by atoms with Gasteiger partial charge >= 0.3 is 0 Å². The van der Waals surface area contributed by atoms with Crippen molar-refractivity contribution in [1.29, 1.82) is 0 Å². The molecule has 0 saturated carbocycles. The third kappa shape index (κ3) is 4.62. The van der Waals surface area contributed by atoms with Crippen LogP contribution in [0.5, 0.6) is 0 Å². The fraction of sp³-hybridized carbons (Fsp3) is 0.0667. The molecule has 2 rings (SSSR count). The van der Waals surface area contributed by atoms with Gasteiger partial charge in [-0.25, -0.2) is 13.2 Å². The van der Waals surface area contributed by atoms with Crippen LogP contribution in [0.1, 0.15) is 5.56 Å². The van der Waals surface area contributed by atoms with Crippen LogP contribution in [0.25, 0.3) is 0 Å². The minimum atomic E-state index is -1.07.